The van der Waals surface area contributed by atoms with Crippen molar-refractivity contribution < 1.29 is 19.2 Å². The summed E-state index contributed by atoms with van der Waals surface area (Å²) in [6.07, 6.45) is 0. The number of fused-ring (bicyclic) bond motifs is 1. The Balaban J connectivity index is 1.65. The summed E-state index contributed by atoms with van der Waals surface area (Å²) in [5, 5.41) is 8.66. The number of likely N-dealkylation sites (N-methyl/N-ethyl adjacent to an activating group) is 1. The van der Waals surface area contributed by atoms with Crippen LogP contribution in [0, 0.1) is 0 Å². The molecular formula is C18H23N4O3S+. The number of amides is 2. The second kappa shape index (κ2) is 7.84. The highest BCUT2D eigenvalue weighted by Gasteiger charge is 2.18. The average molecular weight is 375 g/mol. The molecule has 3 rings (SSSR count). The third-order valence-electron chi connectivity index (χ3n) is 3.82. The Bertz CT molecular complexity index is 819. The fourth-order valence-corrected chi connectivity index (χ4v) is 3.65. The molecule has 1 aliphatic rings. The maximum absolute atomic E-state index is 11.8. The Morgan fingerprint density at radius 1 is 1.46 bits per heavy atom. The van der Waals surface area contributed by atoms with Crippen molar-refractivity contribution in [2.45, 2.75) is 26.4 Å². The third-order valence-corrected chi connectivity index (χ3v) is 4.67. The molecule has 0 saturated heterocycles. The van der Waals surface area contributed by atoms with Crippen molar-refractivity contribution in [3.63, 3.8) is 0 Å². The van der Waals surface area contributed by atoms with Gasteiger partial charge in [0.1, 0.15) is 17.3 Å². The molecule has 3 N–H and O–H groups in total. The maximum atomic E-state index is 11.8. The van der Waals surface area contributed by atoms with E-state index in [1.54, 1.807) is 11.3 Å². The van der Waals surface area contributed by atoms with Crippen molar-refractivity contribution in [3.8, 4) is 17.0 Å². The van der Waals surface area contributed by atoms with Gasteiger partial charge in [0.25, 0.3) is 11.8 Å². The van der Waals surface area contributed by atoms with E-state index in [1.165, 1.54) is 0 Å². The third kappa shape index (κ3) is 4.59. The van der Waals surface area contributed by atoms with Crippen LogP contribution in [0.25, 0.3) is 11.3 Å². The van der Waals surface area contributed by atoms with E-state index in [-0.39, 0.29) is 24.5 Å². The number of nitrogens with one attached hydrogen (secondary N) is 3. The van der Waals surface area contributed by atoms with Gasteiger partial charge in [-0.3, -0.25) is 9.59 Å². The van der Waals surface area contributed by atoms with Crippen LogP contribution in [0.2, 0.25) is 0 Å². The van der Waals surface area contributed by atoms with E-state index in [1.807, 2.05) is 44.5 Å². The summed E-state index contributed by atoms with van der Waals surface area (Å²) in [6, 6.07) is 5.80. The molecule has 0 bridgehead atoms. The standard InChI is InChI=1S/C18H22N4O3S/c1-11(2)19-16(23)7-22(3)8-18-21-14(10-26-18)12-4-5-15-13(6-12)20-17(24)9-25-15/h4-6,10-11H,7-9H2,1-3H3,(H,19,23)(H,20,24)/p+1. The van der Waals surface area contributed by atoms with E-state index in [4.69, 9.17) is 4.74 Å². The smallest absolute Gasteiger partial charge is 0.275 e. The Hall–Kier alpha value is -2.45. The number of aromatic nitrogens is 1. The predicted molar refractivity (Wildman–Crippen MR) is 100 cm³/mol. The number of ether oxygens (including phenoxy) is 1. The molecule has 0 saturated carbocycles. The Morgan fingerprint density at radius 3 is 3.04 bits per heavy atom. The fourth-order valence-electron chi connectivity index (χ4n) is 2.73. The van der Waals surface area contributed by atoms with Crippen molar-refractivity contribution in [3.05, 3.63) is 28.6 Å². The second-order valence-electron chi connectivity index (χ2n) is 6.71. The molecule has 1 aromatic carbocycles. The van der Waals surface area contributed by atoms with Crippen LogP contribution in [0.5, 0.6) is 5.75 Å². The van der Waals surface area contributed by atoms with Gasteiger partial charge in [0.15, 0.2) is 13.2 Å². The van der Waals surface area contributed by atoms with E-state index in [9.17, 15) is 9.59 Å². The first-order chi connectivity index (χ1) is 12.4. The van der Waals surface area contributed by atoms with Crippen LogP contribution >= 0.6 is 11.3 Å². The summed E-state index contributed by atoms with van der Waals surface area (Å²) in [4.78, 5) is 29.1. The molecule has 1 atom stereocenters. The average Bonchev–Trinajstić information content (AvgIpc) is 3.01. The summed E-state index contributed by atoms with van der Waals surface area (Å²) in [6.45, 7) is 5.04. The minimum Gasteiger partial charge on any atom is -0.482 e. The van der Waals surface area contributed by atoms with Crippen molar-refractivity contribution in [2.75, 3.05) is 25.5 Å². The van der Waals surface area contributed by atoms with E-state index >= 15 is 0 Å². The molecule has 26 heavy (non-hydrogen) atoms. The molecule has 1 aromatic heterocycles. The van der Waals surface area contributed by atoms with Crippen LogP contribution in [0.4, 0.5) is 5.69 Å². The van der Waals surface area contributed by atoms with Gasteiger partial charge in [-0.05, 0) is 32.0 Å². The quantitative estimate of drug-likeness (QED) is 0.693. The van der Waals surface area contributed by atoms with E-state index in [0.717, 1.165) is 21.2 Å². The van der Waals surface area contributed by atoms with Crippen molar-refractivity contribution in [2.24, 2.45) is 0 Å². The molecule has 7 nitrogen and oxygen atoms in total. The van der Waals surface area contributed by atoms with Crippen LogP contribution in [0.3, 0.4) is 0 Å². The molecule has 2 aromatic rings. The van der Waals surface area contributed by atoms with Crippen LogP contribution in [-0.4, -0.2) is 43.0 Å². The monoisotopic (exact) mass is 375 g/mol. The van der Waals surface area contributed by atoms with Gasteiger partial charge >= 0.3 is 0 Å². The summed E-state index contributed by atoms with van der Waals surface area (Å²) < 4.78 is 5.38. The topological polar surface area (TPSA) is 84.8 Å². The largest absolute Gasteiger partial charge is 0.482 e. The maximum Gasteiger partial charge on any atom is 0.275 e. The highest BCUT2D eigenvalue weighted by Crippen LogP contribution is 2.32. The molecule has 2 heterocycles. The van der Waals surface area contributed by atoms with Gasteiger partial charge in [-0.1, -0.05) is 0 Å². The number of carbonyl (C=O) groups excluding carboxylic acids is 2. The van der Waals surface area contributed by atoms with Crippen LogP contribution < -0.4 is 20.3 Å². The lowest BCUT2D eigenvalue weighted by Gasteiger charge is -2.18. The van der Waals surface area contributed by atoms with Crippen molar-refractivity contribution >= 4 is 28.8 Å². The first kappa shape index (κ1) is 18.3. The van der Waals surface area contributed by atoms with Crippen molar-refractivity contribution in [1.82, 2.24) is 10.3 Å². The lowest BCUT2D eigenvalue weighted by Crippen LogP contribution is -3.09. The number of rotatable bonds is 6. The molecule has 0 spiro atoms. The van der Waals surface area contributed by atoms with Gasteiger partial charge in [-0.15, -0.1) is 11.3 Å². The number of nitrogens with zero attached hydrogens (tertiary/aromatic N) is 1. The van der Waals surface area contributed by atoms with Gasteiger partial charge in [0.2, 0.25) is 0 Å². The highest BCUT2D eigenvalue weighted by atomic mass is 32.1. The SMILES string of the molecule is CC(C)NC(=O)C[NH+](C)Cc1nc(-c2ccc3c(c2)NC(=O)CO3)cs1. The first-order valence-electron chi connectivity index (χ1n) is 8.53. The number of anilines is 1. The molecule has 138 valence electrons. The van der Waals surface area contributed by atoms with Gasteiger partial charge in [0, 0.05) is 17.0 Å². The Labute approximate surface area is 156 Å². The zero-order valence-corrected chi connectivity index (χ0v) is 15.9. The molecule has 0 aliphatic carbocycles. The minimum atomic E-state index is -0.154. The Morgan fingerprint density at radius 2 is 2.27 bits per heavy atom. The van der Waals surface area contributed by atoms with E-state index in [0.29, 0.717) is 24.5 Å². The fraction of sp³-hybridized carbons (Fsp3) is 0.389. The van der Waals surface area contributed by atoms with E-state index < -0.39 is 0 Å². The Kier molecular flexibility index (Phi) is 5.53. The van der Waals surface area contributed by atoms with Gasteiger partial charge < -0.3 is 20.3 Å². The van der Waals surface area contributed by atoms with Gasteiger partial charge in [-0.25, -0.2) is 4.98 Å². The first-order valence-corrected chi connectivity index (χ1v) is 9.41. The summed E-state index contributed by atoms with van der Waals surface area (Å²) in [7, 11) is 1.98. The zero-order chi connectivity index (χ0) is 18.7. The molecule has 0 radical (unpaired) electrons. The highest BCUT2D eigenvalue weighted by molar-refractivity contribution is 7.09. The molecule has 0 fully saturated rings. The number of benzene rings is 1. The predicted octanol–water partition coefficient (Wildman–Crippen LogP) is 0.680. The summed E-state index contributed by atoms with van der Waals surface area (Å²) in [5.41, 5.74) is 2.45. The van der Waals surface area contributed by atoms with Crippen LogP contribution in [0.1, 0.15) is 18.9 Å². The zero-order valence-electron chi connectivity index (χ0n) is 15.1. The summed E-state index contributed by atoms with van der Waals surface area (Å²) in [5.74, 6) is 0.558. The second-order valence-corrected chi connectivity index (χ2v) is 7.65. The van der Waals surface area contributed by atoms with E-state index in [2.05, 4.69) is 15.6 Å². The van der Waals surface area contributed by atoms with Crippen LogP contribution in [-0.2, 0) is 16.1 Å². The lowest BCUT2D eigenvalue weighted by atomic mass is 10.1. The van der Waals surface area contributed by atoms with Gasteiger partial charge in [0.05, 0.1) is 18.4 Å². The normalized spacial score (nSPS) is 14.4. The molecule has 1 unspecified atom stereocenters. The van der Waals surface area contributed by atoms with Crippen LogP contribution in [0.15, 0.2) is 23.6 Å². The number of hydrogen-bond acceptors (Lipinski definition) is 5. The lowest BCUT2D eigenvalue weighted by molar-refractivity contribution is -0.885. The number of hydrogen-bond donors (Lipinski definition) is 3. The molecule has 8 heteroatoms. The molecule has 2 amide bonds. The molecule has 1 aliphatic heterocycles. The molecular weight excluding hydrogens is 352 g/mol. The minimum absolute atomic E-state index is 0.0414. The number of thiazole rings is 1. The van der Waals surface area contributed by atoms with Gasteiger partial charge in [-0.2, -0.15) is 0 Å². The van der Waals surface area contributed by atoms with Crippen molar-refractivity contribution in [1.29, 1.82) is 0 Å². The number of quaternary nitrogens is 1. The summed E-state index contributed by atoms with van der Waals surface area (Å²) >= 11 is 1.57. The number of carbonyl (C=O) groups is 2.